The van der Waals surface area contributed by atoms with Gasteiger partial charge in [0.1, 0.15) is 0 Å². The maximum absolute atomic E-state index is 4.84. The molecule has 0 amide bonds. The molecule has 1 aliphatic carbocycles. The highest BCUT2D eigenvalue weighted by Gasteiger charge is 2.38. The van der Waals surface area contributed by atoms with Crippen LogP contribution in [0, 0.1) is 0 Å². The third-order valence-corrected chi connectivity index (χ3v) is 8.44. The Bertz CT molecular complexity index is 2060. The van der Waals surface area contributed by atoms with Gasteiger partial charge in [0.15, 0.2) is 0 Å². The Hall–Kier alpha value is -4.49. The van der Waals surface area contributed by atoms with Crippen LogP contribution >= 0.6 is 0 Å². The Morgan fingerprint density at radius 3 is 2.05 bits per heavy atom. The Morgan fingerprint density at radius 2 is 1.22 bits per heavy atom. The van der Waals surface area contributed by atoms with Gasteiger partial charge in [0, 0.05) is 22.4 Å². The summed E-state index contributed by atoms with van der Waals surface area (Å²) in [5.41, 5.74) is 9.01. The van der Waals surface area contributed by atoms with E-state index in [1.807, 2.05) is 6.20 Å². The van der Waals surface area contributed by atoms with Gasteiger partial charge in [-0.1, -0.05) is 105 Å². The van der Waals surface area contributed by atoms with Crippen molar-refractivity contribution in [2.24, 2.45) is 0 Å². The zero-order chi connectivity index (χ0) is 24.7. The second kappa shape index (κ2) is 7.27. The molecule has 0 saturated heterocycles. The standard InChI is InChI=1S/C36H25N/c1-36(2)32-21-23(31-20-22-10-3-4-11-24(22)25-12-5-6-13-26(25)31)17-18-29(32)33-27-14-7-8-15-28(27)35-30(34(33)36)16-9-19-37-35/h3-21H,1-2H3. The molecule has 7 aromatic rings. The van der Waals surface area contributed by atoms with E-state index in [-0.39, 0.29) is 5.41 Å². The molecule has 0 bridgehead atoms. The van der Waals surface area contributed by atoms with Gasteiger partial charge in [-0.15, -0.1) is 0 Å². The average Bonchev–Trinajstić information content (AvgIpc) is 3.19. The van der Waals surface area contributed by atoms with Crippen molar-refractivity contribution in [3.63, 3.8) is 0 Å². The van der Waals surface area contributed by atoms with E-state index in [1.165, 1.54) is 71.1 Å². The van der Waals surface area contributed by atoms with Gasteiger partial charge in [0.25, 0.3) is 0 Å². The van der Waals surface area contributed by atoms with Gasteiger partial charge in [-0.3, -0.25) is 4.98 Å². The third kappa shape index (κ3) is 2.72. The van der Waals surface area contributed by atoms with Gasteiger partial charge >= 0.3 is 0 Å². The van der Waals surface area contributed by atoms with Crippen LogP contribution in [0.2, 0.25) is 0 Å². The molecule has 0 spiro atoms. The molecule has 0 fully saturated rings. The summed E-state index contributed by atoms with van der Waals surface area (Å²) in [6, 6.07) is 40.1. The first-order valence-corrected chi connectivity index (χ1v) is 13.0. The second-order valence-corrected chi connectivity index (χ2v) is 10.8. The summed E-state index contributed by atoms with van der Waals surface area (Å²) >= 11 is 0. The van der Waals surface area contributed by atoms with E-state index in [2.05, 4.69) is 123 Å². The molecule has 0 N–H and O–H groups in total. The number of fused-ring (bicyclic) bond motifs is 11. The molecule has 1 heterocycles. The summed E-state index contributed by atoms with van der Waals surface area (Å²) in [5, 5.41) is 8.97. The predicted octanol–water partition coefficient (Wildman–Crippen LogP) is 9.67. The van der Waals surface area contributed by atoms with Crippen molar-refractivity contribution in [2.45, 2.75) is 19.3 Å². The lowest BCUT2D eigenvalue weighted by Crippen LogP contribution is -2.16. The Morgan fingerprint density at radius 1 is 0.541 bits per heavy atom. The Balaban J connectivity index is 1.45. The molecular weight excluding hydrogens is 446 g/mol. The fraction of sp³-hybridized carbons (Fsp3) is 0.0833. The van der Waals surface area contributed by atoms with E-state index < -0.39 is 0 Å². The Labute approximate surface area is 216 Å². The summed E-state index contributed by atoms with van der Waals surface area (Å²) in [6.45, 7) is 4.75. The quantitative estimate of drug-likeness (QED) is 0.217. The number of aromatic nitrogens is 1. The molecule has 0 unspecified atom stereocenters. The minimum Gasteiger partial charge on any atom is -0.256 e. The molecule has 1 aliphatic rings. The Kier molecular flexibility index (Phi) is 4.06. The van der Waals surface area contributed by atoms with Gasteiger partial charge < -0.3 is 0 Å². The molecule has 1 aromatic heterocycles. The maximum atomic E-state index is 4.84. The molecule has 0 saturated carbocycles. The summed E-state index contributed by atoms with van der Waals surface area (Å²) in [6.07, 6.45) is 1.92. The lowest BCUT2D eigenvalue weighted by molar-refractivity contribution is 0.666. The van der Waals surface area contributed by atoms with Crippen LogP contribution < -0.4 is 0 Å². The van der Waals surface area contributed by atoms with Crippen LogP contribution in [0.4, 0.5) is 0 Å². The highest BCUT2D eigenvalue weighted by molar-refractivity contribution is 6.17. The third-order valence-electron chi connectivity index (χ3n) is 8.44. The minimum absolute atomic E-state index is 0.140. The molecule has 1 heteroatoms. The average molecular weight is 472 g/mol. The van der Waals surface area contributed by atoms with E-state index in [0.29, 0.717) is 0 Å². The zero-order valence-electron chi connectivity index (χ0n) is 20.9. The van der Waals surface area contributed by atoms with Crippen molar-refractivity contribution in [1.29, 1.82) is 0 Å². The summed E-state index contributed by atoms with van der Waals surface area (Å²) in [4.78, 5) is 4.84. The molecule has 1 nitrogen and oxygen atoms in total. The minimum atomic E-state index is -0.140. The van der Waals surface area contributed by atoms with Crippen molar-refractivity contribution in [1.82, 2.24) is 4.98 Å². The van der Waals surface area contributed by atoms with Gasteiger partial charge in [-0.2, -0.15) is 0 Å². The van der Waals surface area contributed by atoms with Crippen molar-refractivity contribution in [2.75, 3.05) is 0 Å². The first-order chi connectivity index (χ1) is 18.1. The monoisotopic (exact) mass is 471 g/mol. The van der Waals surface area contributed by atoms with E-state index in [1.54, 1.807) is 0 Å². The SMILES string of the molecule is CC1(C)c2cc(-c3cc4ccccc4c4ccccc34)ccc2-c2c1c1cccnc1c1ccccc21. The largest absolute Gasteiger partial charge is 0.256 e. The number of nitrogens with zero attached hydrogens (tertiary/aromatic N) is 1. The van der Waals surface area contributed by atoms with Crippen LogP contribution in [0.3, 0.4) is 0 Å². The highest BCUT2D eigenvalue weighted by atomic mass is 14.7. The van der Waals surface area contributed by atoms with Crippen LogP contribution in [-0.4, -0.2) is 4.98 Å². The van der Waals surface area contributed by atoms with E-state index in [4.69, 9.17) is 4.98 Å². The highest BCUT2D eigenvalue weighted by Crippen LogP contribution is 2.55. The number of pyridine rings is 1. The molecule has 174 valence electrons. The van der Waals surface area contributed by atoms with E-state index >= 15 is 0 Å². The molecule has 0 aliphatic heterocycles. The fourth-order valence-electron chi connectivity index (χ4n) is 6.80. The first-order valence-electron chi connectivity index (χ1n) is 13.0. The van der Waals surface area contributed by atoms with Crippen molar-refractivity contribution in [3.8, 4) is 22.3 Å². The van der Waals surface area contributed by atoms with Gasteiger partial charge in [0.05, 0.1) is 5.52 Å². The number of hydrogen-bond donors (Lipinski definition) is 0. The molecule has 6 aromatic carbocycles. The molecule has 0 radical (unpaired) electrons. The van der Waals surface area contributed by atoms with Gasteiger partial charge in [0.2, 0.25) is 0 Å². The lowest BCUT2D eigenvalue weighted by atomic mass is 9.79. The number of benzene rings is 6. The molecule has 8 rings (SSSR count). The van der Waals surface area contributed by atoms with Crippen LogP contribution in [0.1, 0.15) is 25.0 Å². The molecule has 0 atom stereocenters. The van der Waals surface area contributed by atoms with E-state index in [9.17, 15) is 0 Å². The molecular formula is C36H25N. The van der Waals surface area contributed by atoms with E-state index in [0.717, 1.165) is 5.52 Å². The van der Waals surface area contributed by atoms with Crippen molar-refractivity contribution >= 4 is 43.2 Å². The van der Waals surface area contributed by atoms with Crippen LogP contribution in [0.5, 0.6) is 0 Å². The van der Waals surface area contributed by atoms with Crippen molar-refractivity contribution < 1.29 is 0 Å². The summed E-state index contributed by atoms with van der Waals surface area (Å²) < 4.78 is 0. The van der Waals surface area contributed by atoms with Gasteiger partial charge in [-0.25, -0.2) is 0 Å². The summed E-state index contributed by atoms with van der Waals surface area (Å²) in [7, 11) is 0. The number of rotatable bonds is 1. The van der Waals surface area contributed by atoms with Crippen LogP contribution in [0.15, 0.2) is 115 Å². The number of hydrogen-bond acceptors (Lipinski definition) is 1. The fourth-order valence-corrected chi connectivity index (χ4v) is 6.80. The van der Waals surface area contributed by atoms with Crippen molar-refractivity contribution in [3.05, 3.63) is 127 Å². The zero-order valence-corrected chi connectivity index (χ0v) is 20.9. The predicted molar refractivity (Wildman–Crippen MR) is 157 cm³/mol. The lowest BCUT2D eigenvalue weighted by Gasteiger charge is -2.24. The smallest absolute Gasteiger partial charge is 0.0783 e. The maximum Gasteiger partial charge on any atom is 0.0783 e. The van der Waals surface area contributed by atoms with Crippen LogP contribution in [0.25, 0.3) is 65.5 Å². The topological polar surface area (TPSA) is 12.9 Å². The molecule has 37 heavy (non-hydrogen) atoms. The first kappa shape index (κ1) is 20.7. The van der Waals surface area contributed by atoms with Crippen LogP contribution in [-0.2, 0) is 5.41 Å². The second-order valence-electron chi connectivity index (χ2n) is 10.8. The van der Waals surface area contributed by atoms with Gasteiger partial charge in [-0.05, 0) is 78.5 Å². The normalized spacial score (nSPS) is 13.9. The summed E-state index contributed by atoms with van der Waals surface area (Å²) in [5.74, 6) is 0.